The molecule has 0 aliphatic rings. The van der Waals surface area contributed by atoms with Gasteiger partial charge in [0.05, 0.1) is 17.6 Å². The predicted molar refractivity (Wildman–Crippen MR) is 78.2 cm³/mol. The third-order valence-corrected chi connectivity index (χ3v) is 2.94. The molecule has 110 valence electrons. The van der Waals surface area contributed by atoms with Crippen LogP contribution in [0.5, 0.6) is 0 Å². The lowest BCUT2D eigenvalue weighted by Gasteiger charge is -2.08. The monoisotopic (exact) mass is 297 g/mol. The molecule has 1 amide bonds. The lowest BCUT2D eigenvalue weighted by molar-refractivity contribution is 0.102. The van der Waals surface area contributed by atoms with Gasteiger partial charge in [-0.1, -0.05) is 0 Å². The zero-order valence-corrected chi connectivity index (χ0v) is 11.7. The number of carbonyl (C=O) groups is 1. The van der Waals surface area contributed by atoms with E-state index >= 15 is 0 Å². The number of nitrogens with one attached hydrogen (secondary N) is 1. The normalized spacial score (nSPS) is 10.5. The zero-order valence-electron chi connectivity index (χ0n) is 11.7. The first kappa shape index (κ1) is 13.9. The SMILES string of the molecule is Cc1cc(NC(=O)c2cnccn2)n(-c2ccc(F)cc2)n1. The molecule has 22 heavy (non-hydrogen) atoms. The molecule has 0 aliphatic heterocycles. The van der Waals surface area contributed by atoms with Crippen LogP contribution in [0, 0.1) is 12.7 Å². The molecule has 2 aromatic heterocycles. The Morgan fingerprint density at radius 3 is 2.68 bits per heavy atom. The first-order valence-corrected chi connectivity index (χ1v) is 6.53. The summed E-state index contributed by atoms with van der Waals surface area (Å²) in [5, 5.41) is 7.03. The Bertz CT molecular complexity index is 799. The van der Waals surface area contributed by atoms with Crippen molar-refractivity contribution in [3.8, 4) is 5.69 Å². The highest BCUT2D eigenvalue weighted by Crippen LogP contribution is 2.18. The first-order valence-electron chi connectivity index (χ1n) is 6.53. The fourth-order valence-corrected chi connectivity index (χ4v) is 1.96. The van der Waals surface area contributed by atoms with Crippen LogP contribution < -0.4 is 5.32 Å². The lowest BCUT2D eigenvalue weighted by Crippen LogP contribution is -2.16. The Balaban J connectivity index is 1.92. The fraction of sp³-hybridized carbons (Fsp3) is 0.0667. The maximum Gasteiger partial charge on any atom is 0.277 e. The van der Waals surface area contributed by atoms with Crippen LogP contribution in [0.4, 0.5) is 10.2 Å². The highest BCUT2D eigenvalue weighted by Gasteiger charge is 2.13. The zero-order chi connectivity index (χ0) is 15.5. The summed E-state index contributed by atoms with van der Waals surface area (Å²) < 4.78 is 14.6. The summed E-state index contributed by atoms with van der Waals surface area (Å²) in [6.45, 7) is 1.80. The molecule has 0 fully saturated rings. The lowest BCUT2D eigenvalue weighted by atomic mass is 10.3. The molecule has 7 heteroatoms. The largest absolute Gasteiger partial charge is 0.305 e. The third kappa shape index (κ3) is 2.83. The van der Waals surface area contributed by atoms with E-state index in [2.05, 4.69) is 20.4 Å². The number of amides is 1. The van der Waals surface area contributed by atoms with Crippen LogP contribution in [-0.2, 0) is 0 Å². The molecule has 0 radical (unpaired) electrons. The average Bonchev–Trinajstić information content (AvgIpc) is 2.89. The smallest absolute Gasteiger partial charge is 0.277 e. The van der Waals surface area contributed by atoms with E-state index in [1.807, 2.05) is 0 Å². The van der Waals surface area contributed by atoms with Gasteiger partial charge in [0, 0.05) is 18.5 Å². The molecule has 0 bridgehead atoms. The molecule has 0 atom stereocenters. The number of benzene rings is 1. The minimum absolute atomic E-state index is 0.201. The quantitative estimate of drug-likeness (QED) is 0.805. The van der Waals surface area contributed by atoms with E-state index in [1.165, 1.54) is 35.4 Å². The number of hydrogen-bond acceptors (Lipinski definition) is 4. The molecule has 3 rings (SSSR count). The first-order chi connectivity index (χ1) is 10.6. The number of aromatic nitrogens is 4. The van der Waals surface area contributed by atoms with Crippen molar-refractivity contribution in [1.82, 2.24) is 19.7 Å². The van der Waals surface area contributed by atoms with Gasteiger partial charge in [-0.3, -0.25) is 9.78 Å². The van der Waals surface area contributed by atoms with Crippen molar-refractivity contribution in [2.24, 2.45) is 0 Å². The molecular formula is C15H12FN5O. The van der Waals surface area contributed by atoms with E-state index in [-0.39, 0.29) is 11.5 Å². The van der Waals surface area contributed by atoms with Crippen molar-refractivity contribution >= 4 is 11.7 Å². The van der Waals surface area contributed by atoms with Crippen molar-refractivity contribution < 1.29 is 9.18 Å². The molecule has 0 unspecified atom stereocenters. The van der Waals surface area contributed by atoms with Gasteiger partial charge >= 0.3 is 0 Å². The van der Waals surface area contributed by atoms with Crippen molar-refractivity contribution in [2.45, 2.75) is 6.92 Å². The van der Waals surface area contributed by atoms with Crippen LogP contribution in [0.2, 0.25) is 0 Å². The standard InChI is InChI=1S/C15H12FN5O/c1-10-8-14(19-15(22)13-9-17-6-7-18-13)21(20-10)12-4-2-11(16)3-5-12/h2-9H,1H3,(H,19,22). The Hall–Kier alpha value is -3.09. The molecule has 0 saturated heterocycles. The number of hydrogen-bond donors (Lipinski definition) is 1. The van der Waals surface area contributed by atoms with Crippen LogP contribution in [0.1, 0.15) is 16.2 Å². The maximum absolute atomic E-state index is 13.0. The van der Waals surface area contributed by atoms with Gasteiger partial charge in [-0.25, -0.2) is 14.1 Å². The fourth-order valence-electron chi connectivity index (χ4n) is 1.96. The molecule has 0 spiro atoms. The van der Waals surface area contributed by atoms with Gasteiger partial charge in [0.2, 0.25) is 0 Å². The van der Waals surface area contributed by atoms with E-state index in [0.29, 0.717) is 11.5 Å². The van der Waals surface area contributed by atoms with Crippen LogP contribution in [0.15, 0.2) is 48.9 Å². The predicted octanol–water partition coefficient (Wildman–Crippen LogP) is 2.36. The molecule has 6 nitrogen and oxygen atoms in total. The number of carbonyl (C=O) groups excluding carboxylic acids is 1. The molecule has 2 heterocycles. The number of rotatable bonds is 3. The number of halogens is 1. The summed E-state index contributed by atoms with van der Waals surface area (Å²) in [4.78, 5) is 19.9. The molecule has 0 saturated carbocycles. The van der Waals surface area contributed by atoms with Gasteiger partial charge < -0.3 is 5.32 Å². The second kappa shape index (κ2) is 5.72. The summed E-state index contributed by atoms with van der Waals surface area (Å²) in [5.74, 6) is -0.256. The summed E-state index contributed by atoms with van der Waals surface area (Å²) in [6, 6.07) is 7.55. The van der Waals surface area contributed by atoms with Crippen LogP contribution >= 0.6 is 0 Å². The number of aryl methyl sites for hydroxylation is 1. The van der Waals surface area contributed by atoms with Crippen molar-refractivity contribution in [3.05, 3.63) is 66.1 Å². The van der Waals surface area contributed by atoms with Gasteiger partial charge in [0.25, 0.3) is 5.91 Å². The van der Waals surface area contributed by atoms with E-state index in [4.69, 9.17) is 0 Å². The minimum atomic E-state index is -0.392. The second-order valence-electron chi connectivity index (χ2n) is 4.60. The van der Waals surface area contributed by atoms with E-state index in [1.54, 1.807) is 25.1 Å². The molecular weight excluding hydrogens is 285 g/mol. The summed E-state index contributed by atoms with van der Waals surface area (Å²) in [7, 11) is 0. The topological polar surface area (TPSA) is 72.7 Å². The van der Waals surface area contributed by atoms with Crippen molar-refractivity contribution in [1.29, 1.82) is 0 Å². The summed E-state index contributed by atoms with van der Waals surface area (Å²) >= 11 is 0. The van der Waals surface area contributed by atoms with Crippen LogP contribution in [-0.4, -0.2) is 25.7 Å². The van der Waals surface area contributed by atoms with Crippen molar-refractivity contribution in [3.63, 3.8) is 0 Å². The summed E-state index contributed by atoms with van der Waals surface area (Å²) in [5.41, 5.74) is 1.56. The molecule has 0 aliphatic carbocycles. The minimum Gasteiger partial charge on any atom is -0.305 e. The van der Waals surface area contributed by atoms with Gasteiger partial charge in [-0.15, -0.1) is 0 Å². The van der Waals surface area contributed by atoms with Crippen LogP contribution in [0.25, 0.3) is 5.69 Å². The van der Waals surface area contributed by atoms with E-state index in [9.17, 15) is 9.18 Å². The Kier molecular flexibility index (Phi) is 3.61. The van der Waals surface area contributed by atoms with Gasteiger partial charge in [0.1, 0.15) is 17.3 Å². The highest BCUT2D eigenvalue weighted by atomic mass is 19.1. The van der Waals surface area contributed by atoms with E-state index < -0.39 is 5.91 Å². The summed E-state index contributed by atoms with van der Waals surface area (Å²) in [6.07, 6.45) is 4.31. The Morgan fingerprint density at radius 1 is 1.23 bits per heavy atom. The van der Waals surface area contributed by atoms with Crippen molar-refractivity contribution in [2.75, 3.05) is 5.32 Å². The molecule has 3 aromatic rings. The number of nitrogens with zero attached hydrogens (tertiary/aromatic N) is 4. The van der Waals surface area contributed by atoms with Gasteiger partial charge in [0.15, 0.2) is 0 Å². The Labute approximate surface area is 125 Å². The Morgan fingerprint density at radius 2 is 2.00 bits per heavy atom. The second-order valence-corrected chi connectivity index (χ2v) is 4.60. The van der Waals surface area contributed by atoms with Crippen LogP contribution in [0.3, 0.4) is 0 Å². The van der Waals surface area contributed by atoms with E-state index in [0.717, 1.165) is 5.69 Å². The average molecular weight is 297 g/mol. The maximum atomic E-state index is 13.0. The molecule has 1 aromatic carbocycles. The van der Waals surface area contributed by atoms with Gasteiger partial charge in [-0.05, 0) is 31.2 Å². The number of anilines is 1. The van der Waals surface area contributed by atoms with Gasteiger partial charge in [-0.2, -0.15) is 5.10 Å². The highest BCUT2D eigenvalue weighted by molar-refractivity contribution is 6.02. The third-order valence-electron chi connectivity index (χ3n) is 2.94. The molecule has 1 N–H and O–H groups in total.